The number of carbonyl (C=O) groups excluding carboxylic acids is 1. The second-order valence-corrected chi connectivity index (χ2v) is 5.05. The fraction of sp³-hybridized carbons (Fsp3) is 0.200. The lowest BCUT2D eigenvalue weighted by molar-refractivity contribution is -0.119. The summed E-state index contributed by atoms with van der Waals surface area (Å²) in [7, 11) is 0. The van der Waals surface area contributed by atoms with Crippen molar-refractivity contribution in [1.29, 1.82) is 0 Å². The summed E-state index contributed by atoms with van der Waals surface area (Å²) in [5, 5.41) is 16.7. The molecule has 0 atom stereocenters. The van der Waals surface area contributed by atoms with E-state index in [0.717, 1.165) is 16.5 Å². The van der Waals surface area contributed by atoms with Crippen LogP contribution in [0.15, 0.2) is 47.6 Å². The van der Waals surface area contributed by atoms with Gasteiger partial charge in [0.15, 0.2) is 5.84 Å². The lowest BCUT2D eigenvalue weighted by Crippen LogP contribution is -2.36. The predicted molar refractivity (Wildman–Crippen MR) is 77.7 cm³/mol. The van der Waals surface area contributed by atoms with Gasteiger partial charge in [0.25, 0.3) is 0 Å². The normalized spacial score (nSPS) is 16.9. The Morgan fingerprint density at radius 2 is 1.90 bits per heavy atom. The molecule has 1 aliphatic rings. The molecular weight excluding hydrogens is 254 g/mol. The molecule has 4 N–H and O–H groups in total. The minimum absolute atomic E-state index is 0.0183. The van der Waals surface area contributed by atoms with Gasteiger partial charge < -0.3 is 16.3 Å². The third kappa shape index (κ3) is 1.87. The van der Waals surface area contributed by atoms with E-state index in [-0.39, 0.29) is 11.7 Å². The van der Waals surface area contributed by atoms with Crippen molar-refractivity contribution in [3.63, 3.8) is 0 Å². The average Bonchev–Trinajstić information content (AvgIpc) is 3.28. The summed E-state index contributed by atoms with van der Waals surface area (Å²) in [6.45, 7) is 0. The molecule has 0 spiro atoms. The molecule has 5 nitrogen and oxygen atoms in total. The molecule has 0 unspecified atom stereocenters. The van der Waals surface area contributed by atoms with Crippen LogP contribution >= 0.6 is 0 Å². The van der Waals surface area contributed by atoms with Crippen LogP contribution in [-0.2, 0) is 4.79 Å². The first-order valence-corrected chi connectivity index (χ1v) is 6.44. The van der Waals surface area contributed by atoms with Gasteiger partial charge in [0.05, 0.1) is 0 Å². The van der Waals surface area contributed by atoms with Gasteiger partial charge in [-0.05, 0) is 24.3 Å². The van der Waals surface area contributed by atoms with Crippen molar-refractivity contribution >= 4 is 28.2 Å². The second kappa shape index (κ2) is 4.52. The Balaban J connectivity index is 1.93. The molecule has 5 heteroatoms. The standard InChI is InChI=1S/C15H15N3O2/c16-13(18-20)15(8-9-15)14(19)17-12-7-3-5-10-4-1-2-6-11(10)12/h1-7,20H,8-9H2,(H2,16,18)(H,17,19). The molecule has 0 saturated heterocycles. The SMILES string of the molecule is N/C(=N/O)C1(C(=O)Nc2cccc3ccccc23)CC1. The molecule has 102 valence electrons. The zero-order valence-electron chi connectivity index (χ0n) is 10.8. The Labute approximate surface area is 116 Å². The highest BCUT2D eigenvalue weighted by atomic mass is 16.4. The van der Waals surface area contributed by atoms with Crippen LogP contribution in [0.4, 0.5) is 5.69 Å². The number of nitrogens with one attached hydrogen (secondary N) is 1. The lowest BCUT2D eigenvalue weighted by atomic mass is 10.0. The molecule has 2 aromatic carbocycles. The first kappa shape index (κ1) is 12.5. The van der Waals surface area contributed by atoms with Crippen molar-refractivity contribution in [2.75, 3.05) is 5.32 Å². The molecule has 0 aliphatic heterocycles. The number of amidine groups is 1. The third-order valence-electron chi connectivity index (χ3n) is 3.82. The Bertz CT molecular complexity index is 700. The molecule has 1 amide bonds. The third-order valence-corrected chi connectivity index (χ3v) is 3.82. The minimum atomic E-state index is -0.842. The van der Waals surface area contributed by atoms with E-state index in [0.29, 0.717) is 12.8 Å². The smallest absolute Gasteiger partial charge is 0.238 e. The lowest BCUT2D eigenvalue weighted by Gasteiger charge is -2.15. The quantitative estimate of drug-likeness (QED) is 0.346. The van der Waals surface area contributed by atoms with Crippen molar-refractivity contribution in [3.05, 3.63) is 42.5 Å². The number of hydrogen-bond donors (Lipinski definition) is 3. The molecule has 0 aromatic heterocycles. The number of oxime groups is 1. The largest absolute Gasteiger partial charge is 0.409 e. The number of hydrogen-bond acceptors (Lipinski definition) is 3. The number of anilines is 1. The zero-order valence-corrected chi connectivity index (χ0v) is 10.8. The fourth-order valence-electron chi connectivity index (χ4n) is 2.40. The first-order chi connectivity index (χ1) is 9.67. The van der Waals surface area contributed by atoms with Crippen LogP contribution in [0.5, 0.6) is 0 Å². The van der Waals surface area contributed by atoms with E-state index in [2.05, 4.69) is 10.5 Å². The second-order valence-electron chi connectivity index (χ2n) is 5.05. The molecule has 0 radical (unpaired) electrons. The number of carbonyl (C=O) groups is 1. The number of rotatable bonds is 3. The van der Waals surface area contributed by atoms with Crippen molar-refractivity contribution < 1.29 is 10.0 Å². The summed E-state index contributed by atoms with van der Waals surface area (Å²) in [6, 6.07) is 13.5. The topological polar surface area (TPSA) is 87.7 Å². The van der Waals surface area contributed by atoms with E-state index < -0.39 is 5.41 Å². The van der Waals surface area contributed by atoms with E-state index in [9.17, 15) is 4.79 Å². The summed E-state index contributed by atoms with van der Waals surface area (Å²) in [4.78, 5) is 12.4. The molecule has 0 bridgehead atoms. The highest BCUT2D eigenvalue weighted by molar-refractivity contribution is 6.16. The van der Waals surface area contributed by atoms with Gasteiger partial charge in [-0.3, -0.25) is 4.79 Å². The van der Waals surface area contributed by atoms with Crippen LogP contribution in [0.3, 0.4) is 0 Å². The van der Waals surface area contributed by atoms with Crippen LogP contribution in [0.25, 0.3) is 10.8 Å². The molecule has 2 aromatic rings. The van der Waals surface area contributed by atoms with Crippen molar-refractivity contribution in [3.8, 4) is 0 Å². The zero-order chi connectivity index (χ0) is 14.2. The van der Waals surface area contributed by atoms with Crippen LogP contribution in [0.2, 0.25) is 0 Å². The van der Waals surface area contributed by atoms with Gasteiger partial charge >= 0.3 is 0 Å². The summed E-state index contributed by atoms with van der Waals surface area (Å²) >= 11 is 0. The highest BCUT2D eigenvalue weighted by Gasteiger charge is 2.54. The first-order valence-electron chi connectivity index (χ1n) is 6.44. The van der Waals surface area contributed by atoms with Gasteiger partial charge in [0, 0.05) is 11.1 Å². The van der Waals surface area contributed by atoms with E-state index in [1.54, 1.807) is 0 Å². The van der Waals surface area contributed by atoms with E-state index in [4.69, 9.17) is 10.9 Å². The molecule has 1 aliphatic carbocycles. The molecular formula is C15H15N3O2. The maximum atomic E-state index is 12.4. The molecule has 0 heterocycles. The number of benzene rings is 2. The molecule has 1 saturated carbocycles. The fourth-order valence-corrected chi connectivity index (χ4v) is 2.40. The number of fused-ring (bicyclic) bond motifs is 1. The number of amides is 1. The van der Waals surface area contributed by atoms with Gasteiger partial charge in [0.2, 0.25) is 5.91 Å². The van der Waals surface area contributed by atoms with E-state index >= 15 is 0 Å². The Hall–Kier alpha value is -2.56. The maximum absolute atomic E-state index is 12.4. The number of nitrogens with zero attached hydrogens (tertiary/aromatic N) is 1. The molecule has 3 rings (SSSR count). The van der Waals surface area contributed by atoms with E-state index in [1.165, 1.54) is 0 Å². The van der Waals surface area contributed by atoms with Gasteiger partial charge in [-0.2, -0.15) is 0 Å². The Kier molecular flexibility index (Phi) is 2.82. The van der Waals surface area contributed by atoms with E-state index in [1.807, 2.05) is 42.5 Å². The van der Waals surface area contributed by atoms with Crippen LogP contribution < -0.4 is 11.1 Å². The molecule has 1 fully saturated rings. The summed E-state index contributed by atoms with van der Waals surface area (Å²) in [5.41, 5.74) is 5.52. The number of nitrogens with two attached hydrogens (primary N) is 1. The average molecular weight is 269 g/mol. The monoisotopic (exact) mass is 269 g/mol. The van der Waals surface area contributed by atoms with Gasteiger partial charge in [-0.1, -0.05) is 41.6 Å². The van der Waals surface area contributed by atoms with Crippen LogP contribution in [0, 0.1) is 5.41 Å². The molecule has 20 heavy (non-hydrogen) atoms. The van der Waals surface area contributed by atoms with Crippen LogP contribution in [-0.4, -0.2) is 17.0 Å². The highest BCUT2D eigenvalue weighted by Crippen LogP contribution is 2.47. The minimum Gasteiger partial charge on any atom is -0.409 e. The predicted octanol–water partition coefficient (Wildman–Crippen LogP) is 2.30. The van der Waals surface area contributed by atoms with Crippen molar-refractivity contribution in [2.45, 2.75) is 12.8 Å². The Morgan fingerprint density at radius 3 is 2.60 bits per heavy atom. The maximum Gasteiger partial charge on any atom is 0.238 e. The van der Waals surface area contributed by atoms with Gasteiger partial charge in [-0.15, -0.1) is 0 Å². The summed E-state index contributed by atoms with van der Waals surface area (Å²) < 4.78 is 0. The Morgan fingerprint density at radius 1 is 1.20 bits per heavy atom. The van der Waals surface area contributed by atoms with Crippen molar-refractivity contribution in [2.24, 2.45) is 16.3 Å². The van der Waals surface area contributed by atoms with Crippen LogP contribution in [0.1, 0.15) is 12.8 Å². The summed E-state index contributed by atoms with van der Waals surface area (Å²) in [6.07, 6.45) is 1.22. The van der Waals surface area contributed by atoms with Gasteiger partial charge in [0.1, 0.15) is 5.41 Å². The summed E-state index contributed by atoms with van der Waals surface area (Å²) in [5.74, 6) is -0.237. The van der Waals surface area contributed by atoms with Crippen molar-refractivity contribution in [1.82, 2.24) is 0 Å². The van der Waals surface area contributed by atoms with Gasteiger partial charge in [-0.25, -0.2) is 0 Å².